The van der Waals surface area contributed by atoms with E-state index in [1.165, 1.54) is 18.2 Å². The van der Waals surface area contributed by atoms with E-state index in [1.54, 1.807) is 0 Å². The monoisotopic (exact) mass is 347 g/mol. The van der Waals surface area contributed by atoms with Gasteiger partial charge in [0, 0.05) is 23.5 Å². The standard InChI is InChI=1S/C14H16BrClFNO/c15-7-1-3-11-4-2-8-18(11)14(19)10-5-6-13(17)12(16)9-10/h5-6,9,11H,1-4,7-8H2. The molecule has 104 valence electrons. The van der Waals surface area contributed by atoms with Crippen molar-refractivity contribution in [2.45, 2.75) is 31.7 Å². The number of hydrogen-bond acceptors (Lipinski definition) is 1. The van der Waals surface area contributed by atoms with E-state index in [2.05, 4.69) is 15.9 Å². The van der Waals surface area contributed by atoms with Gasteiger partial charge in [-0.05, 0) is 43.9 Å². The first kappa shape index (κ1) is 14.8. The minimum absolute atomic E-state index is 0.00190. The summed E-state index contributed by atoms with van der Waals surface area (Å²) in [6.07, 6.45) is 4.14. The second-order valence-corrected chi connectivity index (χ2v) is 5.95. The molecule has 0 spiro atoms. The molecular formula is C14H16BrClFNO. The Labute approximate surface area is 126 Å². The van der Waals surface area contributed by atoms with E-state index in [-0.39, 0.29) is 10.9 Å². The summed E-state index contributed by atoms with van der Waals surface area (Å²) in [7, 11) is 0. The lowest BCUT2D eigenvalue weighted by molar-refractivity contribution is 0.0730. The van der Waals surface area contributed by atoms with E-state index < -0.39 is 5.82 Å². The Kier molecular flexibility index (Phi) is 5.22. The second kappa shape index (κ2) is 6.71. The Bertz CT molecular complexity index is 469. The maximum atomic E-state index is 13.1. The van der Waals surface area contributed by atoms with Gasteiger partial charge in [0.2, 0.25) is 0 Å². The molecule has 1 aromatic carbocycles. The molecule has 0 radical (unpaired) electrons. The van der Waals surface area contributed by atoms with Crippen LogP contribution < -0.4 is 0 Å². The summed E-state index contributed by atoms with van der Waals surface area (Å²) in [5.74, 6) is -0.533. The van der Waals surface area contributed by atoms with Gasteiger partial charge in [-0.1, -0.05) is 27.5 Å². The lowest BCUT2D eigenvalue weighted by Crippen LogP contribution is -2.35. The molecule has 0 saturated carbocycles. The molecule has 1 atom stereocenters. The highest BCUT2D eigenvalue weighted by molar-refractivity contribution is 9.09. The molecule has 0 aliphatic carbocycles. The fraction of sp³-hybridized carbons (Fsp3) is 0.500. The van der Waals surface area contributed by atoms with Gasteiger partial charge in [0.1, 0.15) is 5.82 Å². The molecule has 0 bridgehead atoms. The summed E-state index contributed by atoms with van der Waals surface area (Å²) in [6, 6.07) is 4.47. The molecule has 1 unspecified atom stereocenters. The number of hydrogen-bond donors (Lipinski definition) is 0. The summed E-state index contributed by atoms with van der Waals surface area (Å²) >= 11 is 9.15. The largest absolute Gasteiger partial charge is 0.336 e. The van der Waals surface area contributed by atoms with Gasteiger partial charge >= 0.3 is 0 Å². The van der Waals surface area contributed by atoms with E-state index in [1.807, 2.05) is 4.90 Å². The molecule has 1 fully saturated rings. The molecule has 1 aliphatic heterocycles. The van der Waals surface area contributed by atoms with E-state index in [4.69, 9.17) is 11.6 Å². The van der Waals surface area contributed by atoms with Crippen molar-refractivity contribution < 1.29 is 9.18 Å². The number of benzene rings is 1. The van der Waals surface area contributed by atoms with Crippen LogP contribution in [0.4, 0.5) is 4.39 Å². The van der Waals surface area contributed by atoms with E-state index >= 15 is 0 Å². The number of carbonyl (C=O) groups is 1. The molecule has 1 aliphatic rings. The first-order valence-corrected chi connectivity index (χ1v) is 7.95. The summed E-state index contributed by atoms with van der Waals surface area (Å²) in [4.78, 5) is 14.3. The van der Waals surface area contributed by atoms with Crippen LogP contribution in [0.25, 0.3) is 0 Å². The van der Waals surface area contributed by atoms with Crippen LogP contribution >= 0.6 is 27.5 Å². The predicted octanol–water partition coefficient (Wildman–Crippen LogP) is 4.26. The first-order chi connectivity index (χ1) is 9.13. The predicted molar refractivity (Wildman–Crippen MR) is 78.5 cm³/mol. The quantitative estimate of drug-likeness (QED) is 0.745. The van der Waals surface area contributed by atoms with Gasteiger partial charge in [0.05, 0.1) is 5.02 Å². The minimum atomic E-state index is -0.490. The van der Waals surface area contributed by atoms with Crippen molar-refractivity contribution in [1.29, 1.82) is 0 Å². The Morgan fingerprint density at radius 1 is 1.53 bits per heavy atom. The molecule has 2 nitrogen and oxygen atoms in total. The smallest absolute Gasteiger partial charge is 0.254 e. The maximum Gasteiger partial charge on any atom is 0.254 e. The van der Waals surface area contributed by atoms with Crippen LogP contribution in [0, 0.1) is 5.82 Å². The van der Waals surface area contributed by atoms with Gasteiger partial charge in [-0.25, -0.2) is 4.39 Å². The fourth-order valence-electron chi connectivity index (χ4n) is 2.51. The number of alkyl halides is 1. The normalized spacial score (nSPS) is 18.9. The van der Waals surface area contributed by atoms with Gasteiger partial charge < -0.3 is 4.90 Å². The van der Waals surface area contributed by atoms with Crippen molar-refractivity contribution in [2.75, 3.05) is 11.9 Å². The Morgan fingerprint density at radius 2 is 2.32 bits per heavy atom. The van der Waals surface area contributed by atoms with Crippen molar-refractivity contribution in [3.63, 3.8) is 0 Å². The lowest BCUT2D eigenvalue weighted by Gasteiger charge is -2.24. The third kappa shape index (κ3) is 3.48. The number of amides is 1. The zero-order valence-corrected chi connectivity index (χ0v) is 12.9. The summed E-state index contributed by atoms with van der Waals surface area (Å²) in [6.45, 7) is 0.779. The Hall–Kier alpha value is -0.610. The summed E-state index contributed by atoms with van der Waals surface area (Å²) < 4.78 is 13.1. The van der Waals surface area contributed by atoms with E-state index in [0.717, 1.165) is 37.6 Å². The van der Waals surface area contributed by atoms with Crippen LogP contribution in [-0.4, -0.2) is 28.7 Å². The van der Waals surface area contributed by atoms with Crippen LogP contribution in [0.1, 0.15) is 36.0 Å². The molecule has 1 saturated heterocycles. The van der Waals surface area contributed by atoms with E-state index in [9.17, 15) is 9.18 Å². The molecule has 19 heavy (non-hydrogen) atoms. The maximum absolute atomic E-state index is 13.1. The SMILES string of the molecule is O=C(c1ccc(F)c(Cl)c1)N1CCCC1CCCBr. The van der Waals surface area contributed by atoms with E-state index in [0.29, 0.717) is 11.6 Å². The van der Waals surface area contributed by atoms with Crippen molar-refractivity contribution in [1.82, 2.24) is 4.90 Å². The van der Waals surface area contributed by atoms with Crippen molar-refractivity contribution in [2.24, 2.45) is 0 Å². The lowest BCUT2D eigenvalue weighted by atomic mass is 10.1. The molecule has 1 amide bonds. The van der Waals surface area contributed by atoms with Crippen LogP contribution in [0.5, 0.6) is 0 Å². The Morgan fingerprint density at radius 3 is 3.00 bits per heavy atom. The summed E-state index contributed by atoms with van der Waals surface area (Å²) in [5, 5.41) is 0.954. The average Bonchev–Trinajstić information content (AvgIpc) is 2.87. The van der Waals surface area contributed by atoms with Crippen molar-refractivity contribution in [3.8, 4) is 0 Å². The molecule has 1 aromatic rings. The molecule has 0 N–H and O–H groups in total. The van der Waals surface area contributed by atoms with Gasteiger partial charge in [0.25, 0.3) is 5.91 Å². The van der Waals surface area contributed by atoms with Crippen molar-refractivity contribution in [3.05, 3.63) is 34.6 Å². The molecule has 1 heterocycles. The highest BCUT2D eigenvalue weighted by Gasteiger charge is 2.29. The van der Waals surface area contributed by atoms with Gasteiger partial charge in [0.15, 0.2) is 0 Å². The van der Waals surface area contributed by atoms with Gasteiger partial charge in [-0.3, -0.25) is 4.79 Å². The molecule has 2 rings (SSSR count). The minimum Gasteiger partial charge on any atom is -0.336 e. The zero-order valence-electron chi connectivity index (χ0n) is 10.5. The topological polar surface area (TPSA) is 20.3 Å². The highest BCUT2D eigenvalue weighted by atomic mass is 79.9. The third-order valence-electron chi connectivity index (χ3n) is 3.48. The van der Waals surface area contributed by atoms with Crippen LogP contribution in [-0.2, 0) is 0 Å². The average molecular weight is 349 g/mol. The van der Waals surface area contributed by atoms with Crippen molar-refractivity contribution >= 4 is 33.4 Å². The molecule has 5 heteroatoms. The fourth-order valence-corrected chi connectivity index (χ4v) is 3.02. The third-order valence-corrected chi connectivity index (χ3v) is 4.33. The van der Waals surface area contributed by atoms with Crippen LogP contribution in [0.15, 0.2) is 18.2 Å². The number of halogens is 3. The van der Waals surface area contributed by atoms with Crippen LogP contribution in [0.3, 0.4) is 0 Å². The van der Waals surface area contributed by atoms with Gasteiger partial charge in [-0.2, -0.15) is 0 Å². The number of carbonyl (C=O) groups excluding carboxylic acids is 1. The zero-order chi connectivity index (χ0) is 13.8. The number of rotatable bonds is 4. The highest BCUT2D eigenvalue weighted by Crippen LogP contribution is 2.25. The number of likely N-dealkylation sites (tertiary alicyclic amines) is 1. The number of nitrogens with zero attached hydrogens (tertiary/aromatic N) is 1. The van der Waals surface area contributed by atoms with Gasteiger partial charge in [-0.15, -0.1) is 0 Å². The second-order valence-electron chi connectivity index (χ2n) is 4.75. The first-order valence-electron chi connectivity index (χ1n) is 6.45. The molecular weight excluding hydrogens is 333 g/mol. The Balaban J connectivity index is 2.11. The van der Waals surface area contributed by atoms with Crippen LogP contribution in [0.2, 0.25) is 5.02 Å². The molecule has 0 aromatic heterocycles. The summed E-state index contributed by atoms with van der Waals surface area (Å²) in [5.41, 5.74) is 0.470.